The first-order valence-electron chi connectivity index (χ1n) is 9.43. The summed E-state index contributed by atoms with van der Waals surface area (Å²) in [5.41, 5.74) is 1.22. The lowest BCUT2D eigenvalue weighted by Crippen LogP contribution is -2.27. The summed E-state index contributed by atoms with van der Waals surface area (Å²) < 4.78 is 0. The van der Waals surface area contributed by atoms with E-state index in [4.69, 9.17) is 0 Å². The molecule has 1 atom stereocenters. The van der Waals surface area contributed by atoms with Gasteiger partial charge in [-0.15, -0.1) is 0 Å². The smallest absolute Gasteiger partial charge is 0.0277 e. The molecule has 0 aromatic rings. The molecule has 0 aromatic carbocycles. The molecule has 122 valence electrons. The molecule has 0 spiro atoms. The van der Waals surface area contributed by atoms with E-state index in [-0.39, 0.29) is 0 Å². The summed E-state index contributed by atoms with van der Waals surface area (Å²) in [7, 11) is 0. The second-order valence-electron chi connectivity index (χ2n) is 7.48. The third-order valence-corrected chi connectivity index (χ3v) is 6.58. The van der Waals surface area contributed by atoms with Crippen LogP contribution in [0.5, 0.6) is 0 Å². The molecule has 0 aliphatic rings. The molecule has 0 nitrogen and oxygen atoms in total. The van der Waals surface area contributed by atoms with E-state index in [0.717, 1.165) is 5.92 Å². The lowest BCUT2D eigenvalue weighted by atomic mass is 9.67. The van der Waals surface area contributed by atoms with Crippen molar-refractivity contribution in [3.05, 3.63) is 0 Å². The second-order valence-corrected chi connectivity index (χ2v) is 7.48. The maximum Gasteiger partial charge on any atom is -0.0277 e. The monoisotopic (exact) mass is 282 g/mol. The third-order valence-electron chi connectivity index (χ3n) is 6.58. The van der Waals surface area contributed by atoms with Crippen molar-refractivity contribution in [1.82, 2.24) is 0 Å². The molecule has 0 radical (unpaired) electrons. The predicted molar refractivity (Wildman–Crippen MR) is 94.2 cm³/mol. The summed E-state index contributed by atoms with van der Waals surface area (Å²) in [6, 6.07) is 0. The van der Waals surface area contributed by atoms with Crippen LogP contribution in [-0.2, 0) is 0 Å². The summed E-state index contributed by atoms with van der Waals surface area (Å²) in [6.07, 6.45) is 13.9. The van der Waals surface area contributed by atoms with Crippen molar-refractivity contribution in [3.8, 4) is 0 Å². The third kappa shape index (κ3) is 5.78. The highest BCUT2D eigenvalue weighted by Gasteiger charge is 2.31. The van der Waals surface area contributed by atoms with E-state index in [1.165, 1.54) is 64.2 Å². The van der Waals surface area contributed by atoms with Crippen LogP contribution in [0.4, 0.5) is 0 Å². The van der Waals surface area contributed by atoms with Crippen LogP contribution in [0.15, 0.2) is 0 Å². The Hall–Kier alpha value is 0. The summed E-state index contributed by atoms with van der Waals surface area (Å²) in [5, 5.41) is 0. The number of unbranched alkanes of at least 4 members (excludes halogenated alkanes) is 1. The number of hydrogen-bond donors (Lipinski definition) is 0. The summed E-state index contributed by atoms with van der Waals surface area (Å²) in [6.45, 7) is 16.8. The van der Waals surface area contributed by atoms with E-state index >= 15 is 0 Å². The fourth-order valence-corrected chi connectivity index (χ4v) is 3.96. The van der Waals surface area contributed by atoms with Crippen LogP contribution in [0.25, 0.3) is 0 Å². The minimum atomic E-state index is 0.596. The van der Waals surface area contributed by atoms with Gasteiger partial charge in [0, 0.05) is 0 Å². The van der Waals surface area contributed by atoms with Crippen LogP contribution in [0.2, 0.25) is 0 Å². The number of hydrogen-bond acceptors (Lipinski definition) is 0. The first-order valence-corrected chi connectivity index (χ1v) is 9.43. The second kappa shape index (κ2) is 9.85. The van der Waals surface area contributed by atoms with Crippen molar-refractivity contribution in [2.75, 3.05) is 0 Å². The summed E-state index contributed by atoms with van der Waals surface area (Å²) >= 11 is 0. The summed E-state index contributed by atoms with van der Waals surface area (Å²) in [5.74, 6) is 0.895. The zero-order chi connectivity index (χ0) is 15.6. The van der Waals surface area contributed by atoms with E-state index in [1.807, 2.05) is 0 Å². The van der Waals surface area contributed by atoms with Crippen LogP contribution < -0.4 is 0 Å². The highest BCUT2D eigenvalue weighted by molar-refractivity contribution is 4.82. The van der Waals surface area contributed by atoms with Crippen LogP contribution >= 0.6 is 0 Å². The molecule has 0 heteroatoms. The van der Waals surface area contributed by atoms with Crippen molar-refractivity contribution < 1.29 is 0 Å². The topological polar surface area (TPSA) is 0 Å². The maximum absolute atomic E-state index is 2.52. The van der Waals surface area contributed by atoms with Gasteiger partial charge in [0.15, 0.2) is 0 Å². The molecule has 0 heterocycles. The van der Waals surface area contributed by atoms with Crippen LogP contribution in [0.1, 0.15) is 113 Å². The molecular formula is C20H42. The van der Waals surface area contributed by atoms with Gasteiger partial charge in [-0.05, 0) is 29.6 Å². The molecule has 0 saturated carbocycles. The Morgan fingerprint density at radius 2 is 1.30 bits per heavy atom. The average Bonchev–Trinajstić information content (AvgIpc) is 2.48. The van der Waals surface area contributed by atoms with E-state index in [2.05, 4.69) is 48.5 Å². The Balaban J connectivity index is 4.23. The summed E-state index contributed by atoms with van der Waals surface area (Å²) in [4.78, 5) is 0. The van der Waals surface area contributed by atoms with Gasteiger partial charge >= 0.3 is 0 Å². The minimum absolute atomic E-state index is 0.596. The normalized spacial score (nSPS) is 14.6. The van der Waals surface area contributed by atoms with E-state index in [1.54, 1.807) is 0 Å². The lowest BCUT2D eigenvalue weighted by molar-refractivity contribution is 0.126. The molecule has 0 fully saturated rings. The molecular weight excluding hydrogens is 240 g/mol. The molecule has 0 saturated heterocycles. The molecule has 0 aliphatic heterocycles. The van der Waals surface area contributed by atoms with E-state index in [0.29, 0.717) is 10.8 Å². The van der Waals surface area contributed by atoms with Crippen molar-refractivity contribution >= 4 is 0 Å². The van der Waals surface area contributed by atoms with Gasteiger partial charge in [-0.1, -0.05) is 99.8 Å². The predicted octanol–water partition coefficient (Wildman–Crippen LogP) is 7.62. The molecule has 0 aliphatic carbocycles. The Morgan fingerprint density at radius 3 is 1.70 bits per heavy atom. The number of rotatable bonds is 12. The Kier molecular flexibility index (Phi) is 9.85. The van der Waals surface area contributed by atoms with Crippen LogP contribution in [0.3, 0.4) is 0 Å². The van der Waals surface area contributed by atoms with Gasteiger partial charge in [-0.2, -0.15) is 0 Å². The highest BCUT2D eigenvalue weighted by atomic mass is 14.4. The molecule has 0 amide bonds. The molecule has 0 aromatic heterocycles. The van der Waals surface area contributed by atoms with E-state index < -0.39 is 0 Å². The SMILES string of the molecule is CCCC(CC)(CC)C(C)CCCCC(C)(CC)CC. The molecule has 0 N–H and O–H groups in total. The largest absolute Gasteiger partial charge is 0.0654 e. The van der Waals surface area contributed by atoms with E-state index in [9.17, 15) is 0 Å². The first kappa shape index (κ1) is 20.0. The molecule has 1 unspecified atom stereocenters. The Morgan fingerprint density at radius 1 is 0.750 bits per heavy atom. The fraction of sp³-hybridized carbons (Fsp3) is 1.00. The lowest BCUT2D eigenvalue weighted by Gasteiger charge is -2.38. The fourth-order valence-electron chi connectivity index (χ4n) is 3.96. The standard InChI is InChI=1S/C20H42/c1-8-16-20(11-4,12-5)18(6)15-13-14-17-19(7,9-2)10-3/h18H,8-17H2,1-7H3. The van der Waals surface area contributed by atoms with Gasteiger partial charge in [-0.25, -0.2) is 0 Å². The average molecular weight is 283 g/mol. The highest BCUT2D eigenvalue weighted by Crippen LogP contribution is 2.42. The molecule has 0 rings (SSSR count). The Labute approximate surface area is 130 Å². The molecule has 20 heavy (non-hydrogen) atoms. The van der Waals surface area contributed by atoms with Gasteiger partial charge in [0.2, 0.25) is 0 Å². The van der Waals surface area contributed by atoms with Crippen molar-refractivity contribution in [1.29, 1.82) is 0 Å². The first-order chi connectivity index (χ1) is 9.43. The van der Waals surface area contributed by atoms with Gasteiger partial charge in [-0.3, -0.25) is 0 Å². The van der Waals surface area contributed by atoms with Gasteiger partial charge < -0.3 is 0 Å². The van der Waals surface area contributed by atoms with Gasteiger partial charge in [0.25, 0.3) is 0 Å². The van der Waals surface area contributed by atoms with Crippen molar-refractivity contribution in [2.45, 2.75) is 113 Å². The van der Waals surface area contributed by atoms with Crippen LogP contribution in [0, 0.1) is 16.7 Å². The Bertz CT molecular complexity index is 220. The van der Waals surface area contributed by atoms with Gasteiger partial charge in [0.05, 0.1) is 0 Å². The van der Waals surface area contributed by atoms with Gasteiger partial charge in [0.1, 0.15) is 0 Å². The maximum atomic E-state index is 2.52. The molecule has 0 bridgehead atoms. The zero-order valence-electron chi connectivity index (χ0n) is 15.6. The van der Waals surface area contributed by atoms with Crippen molar-refractivity contribution in [3.63, 3.8) is 0 Å². The minimum Gasteiger partial charge on any atom is -0.0654 e. The van der Waals surface area contributed by atoms with Crippen LogP contribution in [-0.4, -0.2) is 0 Å². The van der Waals surface area contributed by atoms with Crippen molar-refractivity contribution in [2.24, 2.45) is 16.7 Å². The quantitative estimate of drug-likeness (QED) is 0.323. The zero-order valence-corrected chi connectivity index (χ0v) is 15.6.